The third-order valence-electron chi connectivity index (χ3n) is 4.28. The Bertz CT molecular complexity index is 601. The predicted molar refractivity (Wildman–Crippen MR) is 82.9 cm³/mol. The molecule has 0 radical (unpaired) electrons. The second-order valence-corrected chi connectivity index (χ2v) is 7.56. The first-order valence-corrected chi connectivity index (χ1v) is 8.72. The molecular formula is C15H24N2O3S. The molecule has 2 unspecified atom stereocenters. The minimum absolute atomic E-state index is 0.119. The van der Waals surface area contributed by atoms with Crippen LogP contribution in [0.25, 0.3) is 0 Å². The first kappa shape index (κ1) is 16.3. The number of benzene rings is 1. The van der Waals surface area contributed by atoms with Gasteiger partial charge in [0.2, 0.25) is 10.0 Å². The monoisotopic (exact) mass is 312 g/mol. The summed E-state index contributed by atoms with van der Waals surface area (Å²) in [5, 5.41) is 0. The summed E-state index contributed by atoms with van der Waals surface area (Å²) in [6.45, 7) is 4.81. The largest absolute Gasteiger partial charge is 0.496 e. The Balaban J connectivity index is 2.38. The van der Waals surface area contributed by atoms with Gasteiger partial charge < -0.3 is 10.5 Å². The lowest BCUT2D eigenvalue weighted by atomic mass is 9.93. The van der Waals surface area contributed by atoms with Crippen molar-refractivity contribution in [3.8, 4) is 5.75 Å². The molecule has 118 valence electrons. The lowest BCUT2D eigenvalue weighted by molar-refractivity contribution is 0.192. The van der Waals surface area contributed by atoms with Crippen LogP contribution in [0, 0.1) is 12.8 Å². The van der Waals surface area contributed by atoms with Crippen LogP contribution in [0.1, 0.15) is 25.3 Å². The van der Waals surface area contributed by atoms with Gasteiger partial charge in [-0.1, -0.05) is 6.92 Å². The van der Waals surface area contributed by atoms with Gasteiger partial charge in [-0.25, -0.2) is 8.42 Å². The van der Waals surface area contributed by atoms with E-state index in [0.717, 1.165) is 18.4 Å². The summed E-state index contributed by atoms with van der Waals surface area (Å²) in [5.74, 6) is 0.981. The number of methoxy groups -OCH3 is 1. The standard InChI is InChI=1S/C15H24N2O3S/c1-11-5-4-8-17(14(11)10-16)21(18,19)13-6-7-15(20-3)12(2)9-13/h6-7,9,11,14H,4-5,8,10,16H2,1-3H3. The van der Waals surface area contributed by atoms with Gasteiger partial charge in [0, 0.05) is 19.1 Å². The average Bonchev–Trinajstić information content (AvgIpc) is 2.46. The SMILES string of the molecule is COc1ccc(S(=O)(=O)N2CCCC(C)C2CN)cc1C. The van der Waals surface area contributed by atoms with Crippen LogP contribution in [0.5, 0.6) is 5.75 Å². The Morgan fingerprint density at radius 3 is 2.71 bits per heavy atom. The van der Waals surface area contributed by atoms with Crippen LogP contribution in [0.2, 0.25) is 0 Å². The second kappa shape index (κ2) is 6.34. The van der Waals surface area contributed by atoms with Crippen LogP contribution in [0.4, 0.5) is 0 Å². The third kappa shape index (κ3) is 3.07. The fourth-order valence-electron chi connectivity index (χ4n) is 3.01. The van der Waals surface area contributed by atoms with Crippen molar-refractivity contribution in [2.45, 2.75) is 37.6 Å². The molecular weight excluding hydrogens is 288 g/mol. The first-order valence-electron chi connectivity index (χ1n) is 7.28. The Labute approximate surface area is 127 Å². The molecule has 1 fully saturated rings. The van der Waals surface area contributed by atoms with E-state index in [1.807, 2.05) is 6.92 Å². The number of piperidine rings is 1. The van der Waals surface area contributed by atoms with Crippen molar-refractivity contribution in [3.05, 3.63) is 23.8 Å². The molecule has 2 rings (SSSR count). The van der Waals surface area contributed by atoms with E-state index in [0.29, 0.717) is 23.7 Å². The molecule has 6 heteroatoms. The number of nitrogens with two attached hydrogens (primary N) is 1. The maximum absolute atomic E-state index is 12.9. The summed E-state index contributed by atoms with van der Waals surface area (Å²) in [4.78, 5) is 0.313. The van der Waals surface area contributed by atoms with Crippen LogP contribution in [-0.4, -0.2) is 39.0 Å². The van der Waals surface area contributed by atoms with Gasteiger partial charge in [0.05, 0.1) is 12.0 Å². The minimum Gasteiger partial charge on any atom is -0.496 e. The van der Waals surface area contributed by atoms with E-state index in [1.165, 1.54) is 0 Å². The normalized spacial score (nSPS) is 24.0. The zero-order valence-corrected chi connectivity index (χ0v) is 13.7. The van der Waals surface area contributed by atoms with Gasteiger partial charge in [-0.2, -0.15) is 4.31 Å². The zero-order valence-electron chi connectivity index (χ0n) is 12.9. The Morgan fingerprint density at radius 2 is 2.14 bits per heavy atom. The number of hydrogen-bond donors (Lipinski definition) is 1. The predicted octanol–water partition coefficient (Wildman–Crippen LogP) is 1.75. The number of ether oxygens (including phenoxy) is 1. The van der Waals surface area contributed by atoms with Gasteiger partial charge >= 0.3 is 0 Å². The van der Waals surface area contributed by atoms with Crippen molar-refractivity contribution in [1.82, 2.24) is 4.31 Å². The summed E-state index contributed by atoms with van der Waals surface area (Å²) >= 11 is 0. The number of aryl methyl sites for hydroxylation is 1. The molecule has 0 bridgehead atoms. The highest BCUT2D eigenvalue weighted by atomic mass is 32.2. The molecule has 0 aromatic heterocycles. The third-order valence-corrected chi connectivity index (χ3v) is 6.20. The lowest BCUT2D eigenvalue weighted by Crippen LogP contribution is -2.51. The number of hydrogen-bond acceptors (Lipinski definition) is 4. The van der Waals surface area contributed by atoms with Crippen LogP contribution in [0.15, 0.2) is 23.1 Å². The smallest absolute Gasteiger partial charge is 0.243 e. The minimum atomic E-state index is -3.51. The number of sulfonamides is 1. The van der Waals surface area contributed by atoms with Crippen LogP contribution >= 0.6 is 0 Å². The second-order valence-electron chi connectivity index (χ2n) is 5.67. The fraction of sp³-hybridized carbons (Fsp3) is 0.600. The number of nitrogens with zero attached hydrogens (tertiary/aromatic N) is 1. The van der Waals surface area contributed by atoms with Crippen molar-refractivity contribution >= 4 is 10.0 Å². The first-order chi connectivity index (χ1) is 9.91. The van der Waals surface area contributed by atoms with Crippen LogP contribution in [-0.2, 0) is 10.0 Å². The van der Waals surface area contributed by atoms with E-state index in [9.17, 15) is 8.42 Å². The highest BCUT2D eigenvalue weighted by molar-refractivity contribution is 7.89. The average molecular weight is 312 g/mol. The van der Waals surface area contributed by atoms with E-state index in [4.69, 9.17) is 10.5 Å². The summed E-state index contributed by atoms with van der Waals surface area (Å²) in [6, 6.07) is 4.85. The van der Waals surface area contributed by atoms with E-state index in [2.05, 4.69) is 6.92 Å². The summed E-state index contributed by atoms with van der Waals surface area (Å²) in [5.41, 5.74) is 6.62. The van der Waals surface area contributed by atoms with E-state index in [-0.39, 0.29) is 12.0 Å². The molecule has 0 spiro atoms. The molecule has 2 N–H and O–H groups in total. The highest BCUT2D eigenvalue weighted by Crippen LogP contribution is 2.30. The van der Waals surface area contributed by atoms with Crippen molar-refractivity contribution in [1.29, 1.82) is 0 Å². The summed E-state index contributed by atoms with van der Waals surface area (Å²) in [6.07, 6.45) is 1.90. The molecule has 0 saturated carbocycles. The van der Waals surface area contributed by atoms with Crippen molar-refractivity contribution < 1.29 is 13.2 Å². The topological polar surface area (TPSA) is 72.6 Å². The van der Waals surface area contributed by atoms with Gasteiger partial charge in [0.25, 0.3) is 0 Å². The molecule has 1 heterocycles. The molecule has 0 aliphatic carbocycles. The molecule has 1 aliphatic rings. The van der Waals surface area contributed by atoms with Gasteiger partial charge in [0.1, 0.15) is 5.75 Å². The summed E-state index contributed by atoms with van der Waals surface area (Å²) < 4.78 is 32.5. The molecule has 1 aromatic carbocycles. The Kier molecular flexibility index (Phi) is 4.91. The van der Waals surface area contributed by atoms with Crippen molar-refractivity contribution in [2.75, 3.05) is 20.2 Å². The van der Waals surface area contributed by atoms with Gasteiger partial charge in [-0.15, -0.1) is 0 Å². The molecule has 2 atom stereocenters. The summed E-state index contributed by atoms with van der Waals surface area (Å²) in [7, 11) is -1.93. The highest BCUT2D eigenvalue weighted by Gasteiger charge is 2.36. The van der Waals surface area contributed by atoms with E-state index >= 15 is 0 Å². The lowest BCUT2D eigenvalue weighted by Gasteiger charge is -2.38. The van der Waals surface area contributed by atoms with Gasteiger partial charge in [-0.05, 0) is 49.4 Å². The maximum atomic E-state index is 12.9. The quantitative estimate of drug-likeness (QED) is 0.919. The molecule has 1 aliphatic heterocycles. The van der Waals surface area contributed by atoms with Gasteiger partial charge in [0.15, 0.2) is 0 Å². The Morgan fingerprint density at radius 1 is 1.43 bits per heavy atom. The van der Waals surface area contributed by atoms with E-state index < -0.39 is 10.0 Å². The van der Waals surface area contributed by atoms with Crippen molar-refractivity contribution in [3.63, 3.8) is 0 Å². The van der Waals surface area contributed by atoms with Crippen LogP contribution < -0.4 is 10.5 Å². The maximum Gasteiger partial charge on any atom is 0.243 e. The molecule has 5 nitrogen and oxygen atoms in total. The van der Waals surface area contributed by atoms with Crippen LogP contribution in [0.3, 0.4) is 0 Å². The molecule has 21 heavy (non-hydrogen) atoms. The molecule has 1 aromatic rings. The molecule has 0 amide bonds. The van der Waals surface area contributed by atoms with E-state index in [1.54, 1.807) is 29.6 Å². The van der Waals surface area contributed by atoms with Gasteiger partial charge in [-0.3, -0.25) is 0 Å². The zero-order chi connectivity index (χ0) is 15.6. The molecule has 1 saturated heterocycles. The fourth-order valence-corrected chi connectivity index (χ4v) is 4.86. The Hall–Kier alpha value is -1.11. The van der Waals surface area contributed by atoms with Crippen molar-refractivity contribution in [2.24, 2.45) is 11.7 Å². The number of rotatable bonds is 4.